The SMILES string of the molecule is O=C1SCC(C(I)c2ccccc2)S1. The lowest BCUT2D eigenvalue weighted by molar-refractivity contribution is 0.277. The summed E-state index contributed by atoms with van der Waals surface area (Å²) in [4.78, 5) is 11.1. The van der Waals surface area contributed by atoms with Crippen LogP contribution in [-0.4, -0.2) is 15.5 Å². The summed E-state index contributed by atoms with van der Waals surface area (Å²) in [6, 6.07) is 10.4. The van der Waals surface area contributed by atoms with Gasteiger partial charge < -0.3 is 0 Å². The number of hydrogen-bond donors (Lipinski definition) is 0. The van der Waals surface area contributed by atoms with E-state index >= 15 is 0 Å². The van der Waals surface area contributed by atoms with E-state index in [1.807, 2.05) is 6.07 Å². The van der Waals surface area contributed by atoms with Gasteiger partial charge in [-0.2, -0.15) is 0 Å². The number of halogens is 1. The van der Waals surface area contributed by atoms with Gasteiger partial charge in [0.25, 0.3) is 0 Å². The molecule has 1 fully saturated rings. The summed E-state index contributed by atoms with van der Waals surface area (Å²) in [6.45, 7) is 0. The first-order valence-electron chi connectivity index (χ1n) is 4.30. The second-order valence-corrected chi connectivity index (χ2v) is 6.83. The van der Waals surface area contributed by atoms with Gasteiger partial charge in [0.2, 0.25) is 4.45 Å². The van der Waals surface area contributed by atoms with Crippen LogP contribution in [0.2, 0.25) is 0 Å². The molecule has 74 valence electrons. The van der Waals surface area contributed by atoms with E-state index in [0.29, 0.717) is 9.17 Å². The van der Waals surface area contributed by atoms with Crippen LogP contribution in [0.1, 0.15) is 9.49 Å². The molecule has 1 nitrogen and oxygen atoms in total. The summed E-state index contributed by atoms with van der Waals surface area (Å²) in [5, 5.41) is 0.440. The van der Waals surface area contributed by atoms with Crippen LogP contribution in [0.3, 0.4) is 0 Å². The van der Waals surface area contributed by atoms with Crippen LogP contribution in [-0.2, 0) is 0 Å². The standard InChI is InChI=1S/C10H9IOS2/c11-9(7-4-2-1-3-5-7)8-6-13-10(12)14-8/h1-5,8-9H,6H2. The zero-order valence-electron chi connectivity index (χ0n) is 7.35. The van der Waals surface area contributed by atoms with Crippen molar-refractivity contribution in [2.75, 3.05) is 5.75 Å². The molecule has 1 aromatic rings. The van der Waals surface area contributed by atoms with Crippen molar-refractivity contribution in [3.05, 3.63) is 35.9 Å². The van der Waals surface area contributed by atoms with Crippen molar-refractivity contribution in [1.82, 2.24) is 0 Å². The van der Waals surface area contributed by atoms with Crippen LogP contribution >= 0.6 is 46.1 Å². The third-order valence-electron chi connectivity index (χ3n) is 2.06. The van der Waals surface area contributed by atoms with E-state index in [0.717, 1.165) is 5.75 Å². The van der Waals surface area contributed by atoms with Crippen molar-refractivity contribution in [1.29, 1.82) is 0 Å². The molecule has 1 aromatic carbocycles. The molecule has 0 saturated carbocycles. The van der Waals surface area contributed by atoms with Crippen LogP contribution < -0.4 is 0 Å². The fourth-order valence-electron chi connectivity index (χ4n) is 1.34. The first-order valence-corrected chi connectivity index (χ1v) is 7.41. The molecule has 0 aromatic heterocycles. The fraction of sp³-hybridized carbons (Fsp3) is 0.300. The maximum atomic E-state index is 11.1. The minimum absolute atomic E-state index is 0.271. The molecule has 0 N–H and O–H groups in total. The Hall–Kier alpha value is 0.320. The highest BCUT2D eigenvalue weighted by atomic mass is 127. The van der Waals surface area contributed by atoms with Crippen molar-refractivity contribution in [3.63, 3.8) is 0 Å². The van der Waals surface area contributed by atoms with E-state index in [4.69, 9.17) is 0 Å². The Morgan fingerprint density at radius 1 is 1.36 bits per heavy atom. The predicted molar refractivity (Wildman–Crippen MR) is 72.4 cm³/mol. The fourth-order valence-corrected chi connectivity index (χ4v) is 5.13. The highest BCUT2D eigenvalue weighted by Gasteiger charge is 2.30. The van der Waals surface area contributed by atoms with Gasteiger partial charge in [-0.1, -0.05) is 76.4 Å². The van der Waals surface area contributed by atoms with Gasteiger partial charge in [-0.3, -0.25) is 4.79 Å². The van der Waals surface area contributed by atoms with Gasteiger partial charge >= 0.3 is 0 Å². The molecule has 1 saturated heterocycles. The normalized spacial score (nSPS) is 23.8. The second kappa shape index (κ2) is 4.90. The minimum Gasteiger partial charge on any atom is -0.274 e. The smallest absolute Gasteiger partial charge is 0.246 e. The van der Waals surface area contributed by atoms with E-state index < -0.39 is 0 Å². The van der Waals surface area contributed by atoms with Crippen LogP contribution in [0, 0.1) is 0 Å². The van der Waals surface area contributed by atoms with Crippen molar-refractivity contribution in [2.45, 2.75) is 9.17 Å². The molecule has 0 bridgehead atoms. The molecule has 1 aliphatic rings. The van der Waals surface area contributed by atoms with E-state index in [9.17, 15) is 4.79 Å². The lowest BCUT2D eigenvalue weighted by Gasteiger charge is -2.14. The number of hydrogen-bond acceptors (Lipinski definition) is 3. The largest absolute Gasteiger partial charge is 0.274 e. The Balaban J connectivity index is 2.09. The molecule has 0 spiro atoms. The average Bonchev–Trinajstić information content (AvgIpc) is 2.65. The zero-order chi connectivity index (χ0) is 9.97. The third-order valence-corrected chi connectivity index (χ3v) is 6.68. The van der Waals surface area contributed by atoms with Crippen LogP contribution in [0.4, 0.5) is 4.79 Å². The molecule has 2 atom stereocenters. The quantitative estimate of drug-likeness (QED) is 0.597. The average molecular weight is 336 g/mol. The van der Waals surface area contributed by atoms with Gasteiger partial charge in [0.1, 0.15) is 0 Å². The lowest BCUT2D eigenvalue weighted by atomic mass is 10.1. The van der Waals surface area contributed by atoms with E-state index in [-0.39, 0.29) is 4.45 Å². The molecular weight excluding hydrogens is 327 g/mol. The molecule has 1 heterocycles. The number of rotatable bonds is 2. The summed E-state index contributed by atoms with van der Waals surface area (Å²) in [5.41, 5.74) is 1.32. The van der Waals surface area contributed by atoms with Crippen molar-refractivity contribution in [3.8, 4) is 0 Å². The Kier molecular flexibility index (Phi) is 3.79. The highest BCUT2D eigenvalue weighted by molar-refractivity contribution is 14.1. The second-order valence-electron chi connectivity index (χ2n) is 3.03. The monoisotopic (exact) mass is 336 g/mol. The molecule has 0 aliphatic carbocycles. The topological polar surface area (TPSA) is 17.1 Å². The Morgan fingerprint density at radius 3 is 2.64 bits per heavy atom. The molecule has 14 heavy (non-hydrogen) atoms. The van der Waals surface area contributed by atoms with E-state index in [1.54, 1.807) is 0 Å². The Labute approximate surface area is 106 Å². The summed E-state index contributed by atoms with van der Waals surface area (Å²) in [5.74, 6) is 0.950. The first-order chi connectivity index (χ1) is 6.77. The van der Waals surface area contributed by atoms with Crippen LogP contribution in [0.25, 0.3) is 0 Å². The van der Waals surface area contributed by atoms with Gasteiger partial charge in [-0.15, -0.1) is 0 Å². The molecule has 1 aliphatic heterocycles. The summed E-state index contributed by atoms with van der Waals surface area (Å²) < 4.78 is 0.713. The van der Waals surface area contributed by atoms with Gasteiger partial charge in [0.15, 0.2) is 0 Å². The predicted octanol–water partition coefficient (Wildman–Crippen LogP) is 4.13. The van der Waals surface area contributed by atoms with E-state index in [1.165, 1.54) is 29.1 Å². The van der Waals surface area contributed by atoms with Gasteiger partial charge in [-0.05, 0) is 5.56 Å². The highest BCUT2D eigenvalue weighted by Crippen LogP contribution is 2.43. The van der Waals surface area contributed by atoms with Crippen LogP contribution in [0.15, 0.2) is 30.3 Å². The molecule has 0 radical (unpaired) electrons. The maximum absolute atomic E-state index is 11.1. The van der Waals surface area contributed by atoms with Crippen LogP contribution in [0.5, 0.6) is 0 Å². The van der Waals surface area contributed by atoms with E-state index in [2.05, 4.69) is 46.9 Å². The zero-order valence-corrected chi connectivity index (χ0v) is 11.1. The Bertz CT molecular complexity index is 328. The number of benzene rings is 1. The summed E-state index contributed by atoms with van der Waals surface area (Å²) in [7, 11) is 0. The molecule has 2 rings (SSSR count). The summed E-state index contributed by atoms with van der Waals surface area (Å²) in [6.07, 6.45) is 0. The molecule has 0 amide bonds. The van der Waals surface area contributed by atoms with Gasteiger partial charge in [0.05, 0.1) is 0 Å². The number of alkyl halides is 1. The number of carbonyl (C=O) groups excluding carboxylic acids is 1. The van der Waals surface area contributed by atoms with Crippen molar-refractivity contribution in [2.24, 2.45) is 0 Å². The number of thioether (sulfide) groups is 2. The van der Waals surface area contributed by atoms with Crippen molar-refractivity contribution >= 4 is 50.6 Å². The Morgan fingerprint density at radius 2 is 2.07 bits per heavy atom. The first kappa shape index (κ1) is 10.8. The molecular formula is C10H9IOS2. The van der Waals surface area contributed by atoms with Gasteiger partial charge in [-0.25, -0.2) is 0 Å². The van der Waals surface area contributed by atoms with Crippen molar-refractivity contribution < 1.29 is 4.79 Å². The minimum atomic E-state index is 0.271. The maximum Gasteiger partial charge on any atom is 0.246 e. The third kappa shape index (κ3) is 2.46. The summed E-state index contributed by atoms with van der Waals surface area (Å²) >= 11 is 5.37. The lowest BCUT2D eigenvalue weighted by Crippen LogP contribution is -2.08. The molecule has 4 heteroatoms. The number of carbonyl (C=O) groups is 1. The molecule has 2 unspecified atom stereocenters. The van der Waals surface area contributed by atoms with Gasteiger partial charge in [0, 0.05) is 14.9 Å².